The van der Waals surface area contributed by atoms with Gasteiger partial charge in [-0.3, -0.25) is 4.79 Å². The Balaban J connectivity index is 1.22. The summed E-state index contributed by atoms with van der Waals surface area (Å²) in [5, 5.41) is 5.88. The highest BCUT2D eigenvalue weighted by molar-refractivity contribution is 6.04. The lowest BCUT2D eigenvalue weighted by Gasteiger charge is -2.14. The van der Waals surface area contributed by atoms with Crippen molar-refractivity contribution in [2.45, 2.75) is 19.6 Å². The quantitative estimate of drug-likeness (QED) is 0.0831. The second-order valence-electron chi connectivity index (χ2n) is 9.56. The van der Waals surface area contributed by atoms with Gasteiger partial charge < -0.3 is 18.9 Å². The van der Waals surface area contributed by atoms with Crippen LogP contribution in [0.5, 0.6) is 23.0 Å². The summed E-state index contributed by atoms with van der Waals surface area (Å²) in [6, 6.07) is 34.7. The van der Waals surface area contributed by atoms with Crippen LogP contribution >= 0.6 is 0 Å². The lowest BCUT2D eigenvalue weighted by atomic mass is 10.0. The first-order chi connectivity index (χ1) is 21.0. The van der Waals surface area contributed by atoms with E-state index in [4.69, 9.17) is 18.9 Å². The highest BCUT2D eigenvalue weighted by atomic mass is 16.5. The number of benzene rings is 5. The molecular weight excluding hydrogens is 544 g/mol. The van der Waals surface area contributed by atoms with Crippen molar-refractivity contribution in [2.24, 2.45) is 5.10 Å². The maximum Gasteiger partial charge on any atom is 0.343 e. The zero-order valence-electron chi connectivity index (χ0n) is 23.7. The molecule has 216 valence electrons. The van der Waals surface area contributed by atoms with Crippen molar-refractivity contribution in [1.82, 2.24) is 5.43 Å². The van der Waals surface area contributed by atoms with Gasteiger partial charge in [0.1, 0.15) is 29.6 Å². The molecule has 0 saturated carbocycles. The minimum Gasteiger partial charge on any atom is -0.497 e. The average molecular weight is 575 g/mol. The van der Waals surface area contributed by atoms with Crippen LogP contribution in [0, 0.1) is 0 Å². The Kier molecular flexibility index (Phi) is 9.29. The van der Waals surface area contributed by atoms with Gasteiger partial charge in [0.2, 0.25) is 0 Å². The zero-order valence-corrected chi connectivity index (χ0v) is 23.7. The Hall–Kier alpha value is -5.63. The van der Waals surface area contributed by atoms with Crippen LogP contribution in [-0.4, -0.2) is 31.3 Å². The van der Waals surface area contributed by atoms with Crippen molar-refractivity contribution in [3.63, 3.8) is 0 Å². The fourth-order valence-electron chi connectivity index (χ4n) is 4.25. The van der Waals surface area contributed by atoms with Crippen LogP contribution in [0.15, 0.2) is 120 Å². The van der Waals surface area contributed by atoms with Gasteiger partial charge in [0.25, 0.3) is 5.91 Å². The molecule has 0 aliphatic carbocycles. The van der Waals surface area contributed by atoms with Crippen molar-refractivity contribution < 1.29 is 28.5 Å². The van der Waals surface area contributed by atoms with Gasteiger partial charge in [0.05, 0.1) is 18.9 Å². The Labute approximate surface area is 249 Å². The first kappa shape index (κ1) is 28.9. The van der Waals surface area contributed by atoms with Crippen molar-refractivity contribution in [1.29, 1.82) is 0 Å². The SMILES string of the molecule is COc1ccc(C(=O)Oc2ccc3ccccc3c2C=NNC(=O)C(C)Oc2ccc(OCc3ccccc3)cc2)cc1. The molecule has 0 bridgehead atoms. The fourth-order valence-corrected chi connectivity index (χ4v) is 4.25. The van der Waals surface area contributed by atoms with E-state index in [-0.39, 0.29) is 0 Å². The van der Waals surface area contributed by atoms with Crippen molar-refractivity contribution in [3.8, 4) is 23.0 Å². The molecule has 0 aliphatic heterocycles. The van der Waals surface area contributed by atoms with E-state index in [1.54, 1.807) is 68.6 Å². The number of amides is 1. The van der Waals surface area contributed by atoms with E-state index in [9.17, 15) is 9.59 Å². The van der Waals surface area contributed by atoms with E-state index < -0.39 is 18.0 Å². The third-order valence-corrected chi connectivity index (χ3v) is 6.58. The number of methoxy groups -OCH3 is 1. The van der Waals surface area contributed by atoms with Crippen LogP contribution < -0.4 is 24.4 Å². The largest absolute Gasteiger partial charge is 0.497 e. The molecule has 0 saturated heterocycles. The Morgan fingerprint density at radius 3 is 2.21 bits per heavy atom. The molecule has 1 unspecified atom stereocenters. The molecule has 0 heterocycles. The third-order valence-electron chi connectivity index (χ3n) is 6.58. The summed E-state index contributed by atoms with van der Waals surface area (Å²) < 4.78 is 22.5. The molecule has 0 aromatic heterocycles. The van der Waals surface area contributed by atoms with Crippen molar-refractivity contribution >= 4 is 28.9 Å². The Bertz CT molecular complexity index is 1720. The van der Waals surface area contributed by atoms with Crippen molar-refractivity contribution in [3.05, 3.63) is 132 Å². The van der Waals surface area contributed by atoms with Crippen LogP contribution in [0.2, 0.25) is 0 Å². The number of hydrogen-bond donors (Lipinski definition) is 1. The molecular formula is C35H30N2O6. The fraction of sp³-hybridized carbons (Fsp3) is 0.114. The van der Waals surface area contributed by atoms with Crippen molar-refractivity contribution in [2.75, 3.05) is 7.11 Å². The number of carbonyl (C=O) groups excluding carboxylic acids is 2. The number of esters is 1. The standard InChI is InChI=1S/C35H30N2O6/c1-24(42-30-19-17-29(18-20-30)41-23-25-8-4-3-5-9-25)34(38)37-36-22-32-31-11-7-6-10-26(31)14-21-33(32)43-35(39)27-12-15-28(40-2)16-13-27/h3-22,24H,23H2,1-2H3,(H,37,38). The number of hydrazone groups is 1. The zero-order chi connectivity index (χ0) is 30.0. The molecule has 8 nitrogen and oxygen atoms in total. The molecule has 1 atom stereocenters. The number of nitrogens with zero attached hydrogens (tertiary/aromatic N) is 1. The molecule has 5 aromatic carbocycles. The number of fused-ring (bicyclic) bond motifs is 1. The molecule has 5 rings (SSSR count). The molecule has 43 heavy (non-hydrogen) atoms. The summed E-state index contributed by atoms with van der Waals surface area (Å²) in [4.78, 5) is 25.6. The topological polar surface area (TPSA) is 95.5 Å². The van der Waals surface area contributed by atoms with E-state index in [2.05, 4.69) is 10.5 Å². The molecule has 1 N–H and O–H groups in total. The van der Waals surface area contributed by atoms with Crippen LogP contribution in [-0.2, 0) is 11.4 Å². The van der Waals surface area contributed by atoms with Gasteiger partial charge in [-0.25, -0.2) is 10.2 Å². The first-order valence-corrected chi connectivity index (χ1v) is 13.6. The van der Waals surface area contributed by atoms with Crippen LogP contribution in [0.25, 0.3) is 10.8 Å². The highest BCUT2D eigenvalue weighted by Crippen LogP contribution is 2.28. The van der Waals surface area contributed by atoms with E-state index in [0.29, 0.717) is 40.7 Å². The second kappa shape index (κ2) is 13.8. The predicted molar refractivity (Wildman–Crippen MR) is 165 cm³/mol. The summed E-state index contributed by atoms with van der Waals surface area (Å²) in [6.07, 6.45) is 0.635. The summed E-state index contributed by atoms with van der Waals surface area (Å²) in [5.74, 6) is 1.16. The molecule has 1 amide bonds. The minimum absolute atomic E-state index is 0.302. The Morgan fingerprint density at radius 1 is 0.791 bits per heavy atom. The number of hydrogen-bond acceptors (Lipinski definition) is 7. The maximum atomic E-state index is 12.9. The second-order valence-corrected chi connectivity index (χ2v) is 9.56. The van der Waals surface area contributed by atoms with E-state index in [1.807, 2.05) is 60.7 Å². The van der Waals surface area contributed by atoms with Gasteiger partial charge in [-0.1, -0.05) is 60.7 Å². The number of nitrogens with one attached hydrogen (secondary N) is 1. The van der Waals surface area contributed by atoms with Gasteiger partial charge in [-0.2, -0.15) is 5.10 Å². The van der Waals surface area contributed by atoms with E-state index in [0.717, 1.165) is 16.3 Å². The molecule has 0 spiro atoms. The van der Waals surface area contributed by atoms with E-state index >= 15 is 0 Å². The normalized spacial score (nSPS) is 11.6. The molecule has 0 radical (unpaired) electrons. The first-order valence-electron chi connectivity index (χ1n) is 13.6. The average Bonchev–Trinajstić information content (AvgIpc) is 3.05. The maximum absolute atomic E-state index is 12.9. The van der Waals surface area contributed by atoms with Crippen LogP contribution in [0.4, 0.5) is 0 Å². The van der Waals surface area contributed by atoms with Crippen LogP contribution in [0.3, 0.4) is 0 Å². The Morgan fingerprint density at radius 2 is 1.47 bits per heavy atom. The van der Waals surface area contributed by atoms with Gasteiger partial charge in [0.15, 0.2) is 6.10 Å². The monoisotopic (exact) mass is 574 g/mol. The molecule has 0 aliphatic rings. The lowest BCUT2D eigenvalue weighted by molar-refractivity contribution is -0.127. The molecule has 0 fully saturated rings. The van der Waals surface area contributed by atoms with Gasteiger partial charge >= 0.3 is 5.97 Å². The molecule has 5 aromatic rings. The van der Waals surface area contributed by atoms with Crippen LogP contribution in [0.1, 0.15) is 28.4 Å². The number of carbonyl (C=O) groups is 2. The predicted octanol–water partition coefficient (Wildman–Crippen LogP) is 6.56. The summed E-state index contributed by atoms with van der Waals surface area (Å²) >= 11 is 0. The third kappa shape index (κ3) is 7.56. The van der Waals surface area contributed by atoms with Gasteiger partial charge in [0, 0.05) is 5.56 Å². The number of rotatable bonds is 11. The number of ether oxygens (including phenoxy) is 4. The van der Waals surface area contributed by atoms with E-state index in [1.165, 1.54) is 6.21 Å². The van der Waals surface area contributed by atoms with Gasteiger partial charge in [-0.05, 0) is 77.9 Å². The summed E-state index contributed by atoms with van der Waals surface area (Å²) in [7, 11) is 1.56. The minimum atomic E-state index is -0.826. The molecule has 8 heteroatoms. The lowest BCUT2D eigenvalue weighted by Crippen LogP contribution is -2.33. The summed E-state index contributed by atoms with van der Waals surface area (Å²) in [5.41, 5.74) is 4.50. The highest BCUT2D eigenvalue weighted by Gasteiger charge is 2.16. The smallest absolute Gasteiger partial charge is 0.343 e. The van der Waals surface area contributed by atoms with Gasteiger partial charge in [-0.15, -0.1) is 0 Å². The summed E-state index contributed by atoms with van der Waals surface area (Å²) in [6.45, 7) is 2.08.